The minimum Gasteiger partial charge on any atom is -0.347 e. The molecule has 0 amide bonds. The topological polar surface area (TPSA) is 50.5 Å². The maximum atomic E-state index is 12.2. The third-order valence-corrected chi connectivity index (χ3v) is 6.93. The van der Waals surface area contributed by atoms with E-state index < -0.39 is 0 Å². The lowest BCUT2D eigenvalue weighted by atomic mass is 9.89. The number of nitrogens with zero attached hydrogens (tertiary/aromatic N) is 4. The average molecular weight is 433 g/mol. The molecule has 3 aromatic rings. The molecule has 5 nitrogen and oxygen atoms in total. The van der Waals surface area contributed by atoms with E-state index in [-0.39, 0.29) is 5.56 Å². The van der Waals surface area contributed by atoms with Gasteiger partial charge in [0, 0.05) is 29.3 Å². The maximum absolute atomic E-state index is 12.2. The molecule has 4 rings (SSSR count). The molecule has 1 aliphatic rings. The zero-order chi connectivity index (χ0) is 18.3. The summed E-state index contributed by atoms with van der Waals surface area (Å²) >= 11 is 5.09. The van der Waals surface area contributed by atoms with Gasteiger partial charge in [0.1, 0.15) is 0 Å². The highest BCUT2D eigenvalue weighted by Crippen LogP contribution is 2.33. The van der Waals surface area contributed by atoms with Gasteiger partial charge in [-0.15, -0.1) is 5.10 Å². The monoisotopic (exact) mass is 432 g/mol. The number of piperidine rings is 1. The van der Waals surface area contributed by atoms with Crippen LogP contribution in [0.15, 0.2) is 33.5 Å². The summed E-state index contributed by atoms with van der Waals surface area (Å²) in [5.41, 5.74) is 3.44. The molecule has 0 saturated carbocycles. The third-order valence-electron chi connectivity index (χ3n) is 5.07. The minimum atomic E-state index is -0.0884. The van der Waals surface area contributed by atoms with Crippen molar-refractivity contribution in [2.24, 2.45) is 0 Å². The Labute approximate surface area is 164 Å². The summed E-state index contributed by atoms with van der Waals surface area (Å²) in [7, 11) is 0. The Hall–Kier alpha value is -1.73. The summed E-state index contributed by atoms with van der Waals surface area (Å²) in [4.78, 5) is 19.7. The molecule has 0 bridgehead atoms. The summed E-state index contributed by atoms with van der Waals surface area (Å²) in [6, 6.07) is 8.25. The van der Waals surface area contributed by atoms with Crippen molar-refractivity contribution in [2.45, 2.75) is 39.0 Å². The van der Waals surface area contributed by atoms with Crippen LogP contribution in [-0.4, -0.2) is 27.7 Å². The van der Waals surface area contributed by atoms with Crippen LogP contribution in [0.4, 0.5) is 5.13 Å². The van der Waals surface area contributed by atoms with E-state index in [1.165, 1.54) is 27.0 Å². The fourth-order valence-electron chi connectivity index (χ4n) is 3.48. The lowest BCUT2D eigenvalue weighted by molar-refractivity contribution is 0.503. The standard InChI is InChI=1S/C19H21BrN4OS/c1-3-15-11-17(25)24-18(21-15)26-19(22-24)23-8-6-13(7-9-23)14-4-5-16(20)12(2)10-14/h4-5,10-11,13H,3,6-9H2,1-2H3. The molecule has 0 spiro atoms. The molecule has 0 unspecified atom stereocenters. The second kappa shape index (κ2) is 7.12. The number of rotatable bonds is 3. The van der Waals surface area contributed by atoms with Gasteiger partial charge in [0.15, 0.2) is 0 Å². The molecule has 0 aliphatic carbocycles. The molecular weight excluding hydrogens is 412 g/mol. The van der Waals surface area contributed by atoms with E-state index in [0.29, 0.717) is 10.9 Å². The molecule has 136 valence electrons. The van der Waals surface area contributed by atoms with E-state index >= 15 is 0 Å². The largest absolute Gasteiger partial charge is 0.347 e. The number of halogens is 1. The fraction of sp³-hybridized carbons (Fsp3) is 0.421. The second-order valence-electron chi connectivity index (χ2n) is 6.79. The van der Waals surface area contributed by atoms with E-state index in [0.717, 1.165) is 47.7 Å². The van der Waals surface area contributed by atoms with Crippen molar-refractivity contribution in [1.29, 1.82) is 0 Å². The molecule has 1 aromatic carbocycles. The van der Waals surface area contributed by atoms with Crippen LogP contribution in [0.25, 0.3) is 4.96 Å². The Bertz CT molecular complexity index is 1000. The highest BCUT2D eigenvalue weighted by molar-refractivity contribution is 9.10. The van der Waals surface area contributed by atoms with Crippen LogP contribution in [0.2, 0.25) is 0 Å². The van der Waals surface area contributed by atoms with Crippen molar-refractivity contribution in [3.05, 3.63) is 55.9 Å². The highest BCUT2D eigenvalue weighted by Gasteiger charge is 2.23. The van der Waals surface area contributed by atoms with E-state index in [2.05, 4.69) is 56.0 Å². The summed E-state index contributed by atoms with van der Waals surface area (Å²) in [6.45, 7) is 6.05. The molecular formula is C19H21BrN4OS. The van der Waals surface area contributed by atoms with E-state index in [4.69, 9.17) is 0 Å². The van der Waals surface area contributed by atoms with Gasteiger partial charge in [0.25, 0.3) is 5.56 Å². The molecule has 0 N–H and O–H groups in total. The van der Waals surface area contributed by atoms with Crippen molar-refractivity contribution < 1.29 is 0 Å². The van der Waals surface area contributed by atoms with E-state index in [1.807, 2.05) is 6.92 Å². The maximum Gasteiger partial charge on any atom is 0.275 e. The first kappa shape index (κ1) is 17.7. The van der Waals surface area contributed by atoms with Crippen molar-refractivity contribution in [1.82, 2.24) is 14.6 Å². The zero-order valence-electron chi connectivity index (χ0n) is 14.9. The van der Waals surface area contributed by atoms with Gasteiger partial charge in [-0.2, -0.15) is 4.52 Å². The predicted molar refractivity (Wildman–Crippen MR) is 110 cm³/mol. The highest BCUT2D eigenvalue weighted by atomic mass is 79.9. The van der Waals surface area contributed by atoms with E-state index in [9.17, 15) is 4.79 Å². The van der Waals surface area contributed by atoms with Crippen LogP contribution < -0.4 is 10.5 Å². The SMILES string of the molecule is CCc1cc(=O)n2nc(N3CCC(c4ccc(Br)c(C)c4)CC3)sc2n1. The van der Waals surface area contributed by atoms with Gasteiger partial charge >= 0.3 is 0 Å². The number of aromatic nitrogens is 3. The quantitative estimate of drug-likeness (QED) is 0.622. The predicted octanol–water partition coefficient (Wildman–Crippen LogP) is 4.17. The molecule has 26 heavy (non-hydrogen) atoms. The molecule has 1 aliphatic heterocycles. The van der Waals surface area contributed by atoms with Crippen molar-refractivity contribution >= 4 is 37.4 Å². The number of aryl methyl sites for hydroxylation is 2. The summed E-state index contributed by atoms with van der Waals surface area (Å²) in [5, 5.41) is 5.41. The Balaban J connectivity index is 1.52. The molecule has 0 atom stereocenters. The molecule has 0 radical (unpaired) electrons. The van der Waals surface area contributed by atoms with Gasteiger partial charge < -0.3 is 4.90 Å². The summed E-state index contributed by atoms with van der Waals surface area (Å²) in [6.07, 6.45) is 2.95. The number of anilines is 1. The fourth-order valence-corrected chi connectivity index (χ4v) is 4.71. The van der Waals surface area contributed by atoms with Crippen LogP contribution in [0.3, 0.4) is 0 Å². The Morgan fingerprint density at radius 3 is 2.73 bits per heavy atom. The molecule has 1 saturated heterocycles. The first-order valence-corrected chi connectivity index (χ1v) is 10.6. The number of hydrogen-bond acceptors (Lipinski definition) is 5. The van der Waals surface area contributed by atoms with E-state index in [1.54, 1.807) is 6.07 Å². The summed E-state index contributed by atoms with van der Waals surface area (Å²) < 4.78 is 2.60. The van der Waals surface area contributed by atoms with Gasteiger partial charge in [0.2, 0.25) is 10.1 Å². The third kappa shape index (κ3) is 3.30. The van der Waals surface area contributed by atoms with Crippen LogP contribution in [0, 0.1) is 6.92 Å². The number of hydrogen-bond donors (Lipinski definition) is 0. The normalized spacial score (nSPS) is 15.7. The molecule has 1 fully saturated rings. The van der Waals surface area contributed by atoms with Crippen LogP contribution in [-0.2, 0) is 6.42 Å². The van der Waals surface area contributed by atoms with Gasteiger partial charge in [-0.3, -0.25) is 4.79 Å². The first-order chi connectivity index (χ1) is 12.5. The average Bonchev–Trinajstić information content (AvgIpc) is 3.09. The van der Waals surface area contributed by atoms with Crippen molar-refractivity contribution in [2.75, 3.05) is 18.0 Å². The minimum absolute atomic E-state index is 0.0884. The smallest absolute Gasteiger partial charge is 0.275 e. The van der Waals surface area contributed by atoms with Gasteiger partial charge in [-0.1, -0.05) is 46.3 Å². The van der Waals surface area contributed by atoms with Crippen LogP contribution in [0.5, 0.6) is 0 Å². The molecule has 7 heteroatoms. The summed E-state index contributed by atoms with van der Waals surface area (Å²) in [5.74, 6) is 0.583. The van der Waals surface area contributed by atoms with Gasteiger partial charge in [-0.25, -0.2) is 4.98 Å². The van der Waals surface area contributed by atoms with Gasteiger partial charge in [-0.05, 0) is 49.3 Å². The molecule has 2 aromatic heterocycles. The Morgan fingerprint density at radius 1 is 1.27 bits per heavy atom. The number of benzene rings is 1. The Morgan fingerprint density at radius 2 is 2.04 bits per heavy atom. The van der Waals surface area contributed by atoms with Crippen LogP contribution in [0.1, 0.15) is 42.5 Å². The lowest BCUT2D eigenvalue weighted by Gasteiger charge is -2.31. The van der Waals surface area contributed by atoms with Crippen molar-refractivity contribution in [3.63, 3.8) is 0 Å². The Kier molecular flexibility index (Phi) is 4.84. The molecule has 3 heterocycles. The number of fused-ring (bicyclic) bond motifs is 1. The van der Waals surface area contributed by atoms with Crippen molar-refractivity contribution in [3.8, 4) is 0 Å². The lowest BCUT2D eigenvalue weighted by Crippen LogP contribution is -2.33. The van der Waals surface area contributed by atoms with Crippen LogP contribution >= 0.6 is 27.3 Å². The first-order valence-electron chi connectivity index (χ1n) is 8.96. The van der Waals surface area contributed by atoms with Gasteiger partial charge in [0.05, 0.1) is 0 Å². The second-order valence-corrected chi connectivity index (χ2v) is 8.58. The zero-order valence-corrected chi connectivity index (χ0v) is 17.3.